The van der Waals surface area contributed by atoms with E-state index >= 15 is 24.0 Å². The van der Waals surface area contributed by atoms with Crippen LogP contribution in [0.25, 0.3) is 11.1 Å². The standard InChI is InChI=1S/C89H99Cl2N9O33/c1-34(2)9-7-5-4-6-8-10-61(109)95-69-75(114)72(111)59(32-102)130-88(69)133-79-56-26-41-27-57(79)127-53-18-14-39(24-48(53)91)78(132-87-68(93-35(3)104)74(113)71(110)58(31-101)129-87)70-85(122)99-67(86(123)124)46-29-43(106)30-55(128-89-77(116)76(115)73(112)60(33-103)131-89)62(46)45-23-38(13-15-50(45)107)64(82(119)100-70)97-84(121)66(41)98-83(120)65-40-21-42(105)28-44(22-40)125-54-25-37(12-16-51(54)108)63(92)81(118)94-49(80(117)96-65)20-36-11-17-52(126-56)47(90)19-36/h11-19,21-30,34,49,58-60,63-78,87-89,101-103,105-108,110-116H,4-10,20,31-33,92H2,1-3H3,(H,93,104)(H,94,118)(H,95,109)(H,96,117)(H,97,121)(H,98,120)(H,99,122)(H,100,119)(H,123,124)/t49-,58?,59-,60-,63-,64-,65+,66-,67+,68-,69-,70+,71?,72?,73-,74?,75?,76+,77+,78-,87+,88+,89+/m1/s1. The number of aliphatic carboxylic acids is 1. The van der Waals surface area contributed by atoms with Crippen molar-refractivity contribution in [1.29, 1.82) is 0 Å². The number of carboxylic acids is 1. The molecule has 0 radical (unpaired) electrons. The number of aliphatic hydroxyl groups excluding tert-OH is 10. The number of nitrogens with one attached hydrogen (secondary N) is 8. The van der Waals surface area contributed by atoms with Crippen molar-refractivity contribution >= 4 is 76.4 Å². The molecule has 42 nitrogen and oxygen atoms in total. The third-order valence-electron chi connectivity index (χ3n) is 23.6. The summed E-state index contributed by atoms with van der Waals surface area (Å²) in [7, 11) is 0. The zero-order chi connectivity index (χ0) is 95.6. The Morgan fingerprint density at radius 2 is 1.05 bits per heavy atom. The van der Waals surface area contributed by atoms with Crippen molar-refractivity contribution in [3.8, 4) is 80.1 Å². The Morgan fingerprint density at radius 1 is 0.496 bits per heavy atom. The number of aliphatic hydroxyl groups is 10. The maximum Gasteiger partial charge on any atom is 0.330 e. The van der Waals surface area contributed by atoms with Gasteiger partial charge in [-0.05, 0) is 125 Å². The molecule has 17 bridgehead atoms. The molecule has 23 atom stereocenters. The van der Waals surface area contributed by atoms with E-state index in [9.17, 15) is 95.8 Å². The molecule has 25 N–H and O–H groups in total. The Hall–Kier alpha value is -12.1. The largest absolute Gasteiger partial charge is 0.508 e. The lowest BCUT2D eigenvalue weighted by Gasteiger charge is -2.44. The summed E-state index contributed by atoms with van der Waals surface area (Å²) in [6.45, 7) is 2.03. The van der Waals surface area contributed by atoms with Crippen LogP contribution in [0.3, 0.4) is 0 Å². The lowest BCUT2D eigenvalue weighted by molar-refractivity contribution is -0.284. The molecule has 0 aromatic heterocycles. The van der Waals surface area contributed by atoms with Crippen molar-refractivity contribution < 1.29 is 162 Å². The van der Waals surface area contributed by atoms with Crippen molar-refractivity contribution in [3.63, 3.8) is 0 Å². The number of fused-ring (bicyclic) bond motifs is 14. The first kappa shape index (κ1) is 97.0. The van der Waals surface area contributed by atoms with Gasteiger partial charge < -0.3 is 167 Å². The van der Waals surface area contributed by atoms with Gasteiger partial charge in [-0.25, -0.2) is 4.79 Å². The molecule has 3 fully saturated rings. The zero-order valence-corrected chi connectivity index (χ0v) is 72.5. The predicted octanol–water partition coefficient (Wildman–Crippen LogP) is 1.41. The fourth-order valence-corrected chi connectivity index (χ4v) is 17.1. The molecule has 9 aliphatic heterocycles. The number of unbranched alkanes of at least 4 members (excludes halogenated alkanes) is 4. The summed E-state index contributed by atoms with van der Waals surface area (Å²) in [6, 6.07) is 0.677. The number of carbonyl (C=O) groups is 9. The first-order valence-electron chi connectivity index (χ1n) is 42.5. The van der Waals surface area contributed by atoms with Crippen LogP contribution < -0.4 is 72.0 Å². The molecule has 7 aromatic carbocycles. The third-order valence-corrected chi connectivity index (χ3v) is 24.2. The Morgan fingerprint density at radius 3 is 1.68 bits per heavy atom. The highest BCUT2D eigenvalue weighted by molar-refractivity contribution is 6.32. The number of halogens is 2. The number of amides is 8. The van der Waals surface area contributed by atoms with E-state index in [2.05, 4.69) is 56.4 Å². The number of hydrogen-bond acceptors (Lipinski definition) is 33. The Kier molecular flexibility index (Phi) is 30.0. The highest BCUT2D eigenvalue weighted by Gasteiger charge is 2.52. The third kappa shape index (κ3) is 21.3. The quantitative estimate of drug-likeness (QED) is 0.0480. The van der Waals surface area contributed by atoms with E-state index in [4.69, 9.17) is 71.6 Å². The SMILES string of the molecule is CC(=O)N[C@@H]1C(O)C(O)C(CO)O[C@H]1O[C@@H]1c2ccc(c(Cl)c2)Oc2cc3cc(c2O[C@@H]2O[C@H](CO)C(O)C(O)[C@H]2NC(=O)CCCCCCCC(C)C)Oc2ccc(cc2Cl)C[C@H]2NC(=O)[C@H](N)c4ccc(O)c(c4)Oc4cc(O)cc(c4)[C@H](NC2=O)C(=O)N[C@H]3C(=O)N[C@H]2C(=O)N[C@@H]1C(=O)N[C@H](C(=O)O)c1cc(O)cc(O[C@H]3O[C@H](CO)[C@@H](O)[C@H](O)[C@@H]3O)c1-c1cc2ccc1O. The average Bonchev–Trinajstić information content (AvgIpc) is 0.755. The van der Waals surface area contributed by atoms with Gasteiger partial charge in [0, 0.05) is 48.6 Å². The summed E-state index contributed by atoms with van der Waals surface area (Å²) in [5.74, 6) is -19.1. The van der Waals surface area contributed by atoms with Gasteiger partial charge in [-0.15, -0.1) is 0 Å². The van der Waals surface area contributed by atoms with Crippen LogP contribution in [-0.4, -0.2) is 254 Å². The van der Waals surface area contributed by atoms with Gasteiger partial charge in [-0.3, -0.25) is 38.4 Å². The molecule has 0 saturated carbocycles. The minimum atomic E-state index is -2.59. The van der Waals surface area contributed by atoms with E-state index in [1.165, 1.54) is 30.3 Å². The predicted molar refractivity (Wildman–Crippen MR) is 458 cm³/mol. The molecule has 7 aromatic rings. The monoisotopic (exact) mass is 1890 g/mol. The number of carboxylic acid groups (broad SMARTS) is 1. The number of ether oxygens (including phenoxy) is 9. The number of rotatable bonds is 20. The fraction of sp³-hybridized carbons (Fsp3) is 0.427. The van der Waals surface area contributed by atoms with E-state index in [0.29, 0.717) is 18.8 Å². The normalized spacial score (nSPS) is 28.8. The van der Waals surface area contributed by atoms with Crippen LogP contribution in [0.2, 0.25) is 10.0 Å². The Labute approximate surface area is 766 Å². The van der Waals surface area contributed by atoms with Gasteiger partial charge in [0.25, 0.3) is 0 Å². The second-order valence-corrected chi connectivity index (χ2v) is 34.4. The van der Waals surface area contributed by atoms with Gasteiger partial charge in [0.2, 0.25) is 65.6 Å². The van der Waals surface area contributed by atoms with Gasteiger partial charge in [-0.2, -0.15) is 0 Å². The van der Waals surface area contributed by atoms with Crippen LogP contribution in [0, 0.1) is 5.92 Å². The van der Waals surface area contributed by atoms with Crippen molar-refractivity contribution in [2.24, 2.45) is 11.7 Å². The zero-order valence-electron chi connectivity index (χ0n) is 71.0. The first-order chi connectivity index (χ1) is 63.4. The van der Waals surface area contributed by atoms with Crippen molar-refractivity contribution in [1.82, 2.24) is 42.5 Å². The highest BCUT2D eigenvalue weighted by Crippen LogP contribution is 2.51. The van der Waals surface area contributed by atoms with Gasteiger partial charge in [0.1, 0.15) is 156 Å². The molecule has 9 aliphatic rings. The summed E-state index contributed by atoms with van der Waals surface area (Å²) in [5.41, 5.74) is 2.80. The van der Waals surface area contributed by atoms with Crippen LogP contribution >= 0.6 is 23.2 Å². The molecule has 16 rings (SSSR count). The van der Waals surface area contributed by atoms with Gasteiger partial charge in [0.05, 0.1) is 29.9 Å². The average molecular weight is 1890 g/mol. The summed E-state index contributed by atoms with van der Waals surface area (Å²) in [4.78, 5) is 138. The summed E-state index contributed by atoms with van der Waals surface area (Å²) >= 11 is 14.7. The van der Waals surface area contributed by atoms with Crippen molar-refractivity contribution in [2.75, 3.05) is 19.8 Å². The van der Waals surface area contributed by atoms with E-state index < -0.39 is 316 Å². The van der Waals surface area contributed by atoms with Gasteiger partial charge in [0.15, 0.2) is 35.3 Å². The number of carbonyl (C=O) groups excluding carboxylic acids is 8. The summed E-state index contributed by atoms with van der Waals surface area (Å²) in [5, 5.41) is 190. The number of nitrogens with two attached hydrogens (primary N) is 1. The second kappa shape index (κ2) is 41.2. The lowest BCUT2D eigenvalue weighted by Crippen LogP contribution is -2.65. The van der Waals surface area contributed by atoms with Crippen LogP contribution in [0.1, 0.15) is 141 Å². The second-order valence-electron chi connectivity index (χ2n) is 33.5. The van der Waals surface area contributed by atoms with E-state index in [-0.39, 0.29) is 39.8 Å². The Balaban J connectivity index is 1.03. The molecule has 0 aliphatic carbocycles. The van der Waals surface area contributed by atoms with E-state index in [0.717, 1.165) is 118 Å². The smallest absolute Gasteiger partial charge is 0.330 e. The molecule has 3 saturated heterocycles. The highest BCUT2D eigenvalue weighted by atomic mass is 35.5. The summed E-state index contributed by atoms with van der Waals surface area (Å²) in [6.07, 6.45) is -24.9. The number of benzene rings is 7. The molecule has 133 heavy (non-hydrogen) atoms. The minimum Gasteiger partial charge on any atom is -0.508 e. The summed E-state index contributed by atoms with van der Waals surface area (Å²) < 4.78 is 57.5. The molecule has 5 unspecified atom stereocenters. The lowest BCUT2D eigenvalue weighted by atomic mass is 9.89. The Bertz CT molecular complexity index is 5580. The maximum atomic E-state index is 17.0. The van der Waals surface area contributed by atoms with Crippen LogP contribution in [0.15, 0.2) is 115 Å². The van der Waals surface area contributed by atoms with Gasteiger partial charge in [-0.1, -0.05) is 93.4 Å². The molecule has 712 valence electrons. The van der Waals surface area contributed by atoms with Crippen molar-refractivity contribution in [2.45, 2.75) is 213 Å². The van der Waals surface area contributed by atoms with Gasteiger partial charge >= 0.3 is 5.97 Å². The van der Waals surface area contributed by atoms with E-state index in [1.54, 1.807) is 0 Å². The minimum absolute atomic E-state index is 0.0270. The number of aromatic hydroxyl groups is 4. The van der Waals surface area contributed by atoms with Crippen LogP contribution in [-0.2, 0) is 68.5 Å². The number of phenols is 4. The van der Waals surface area contributed by atoms with Crippen molar-refractivity contribution in [3.05, 3.63) is 164 Å². The maximum absolute atomic E-state index is 17.0. The molecular formula is C89H99Cl2N9O33. The molecule has 44 heteroatoms. The first-order valence-corrected chi connectivity index (χ1v) is 43.2. The van der Waals surface area contributed by atoms with Crippen LogP contribution in [0.4, 0.5) is 0 Å². The molecule has 0 spiro atoms. The molecule has 8 amide bonds. The van der Waals surface area contributed by atoms with E-state index in [1.807, 2.05) is 0 Å². The molecule has 9 heterocycles. The number of phenolic OH excluding ortho intramolecular Hbond substituents is 4. The van der Waals surface area contributed by atoms with Crippen LogP contribution in [0.5, 0.6) is 69.0 Å². The topological polar surface area (TPSA) is 662 Å². The molecular weight excluding hydrogens is 1790 g/mol. The fourth-order valence-electron chi connectivity index (χ4n) is 16.6. The number of hydrogen-bond donors (Lipinski definition) is 24.